The molecule has 0 spiro atoms. The largest absolute Gasteiger partial charge is 0.508 e. The molecule has 0 saturated carbocycles. The number of alkyl carbamates (subject to hydrolysis) is 4. The Morgan fingerprint density at radius 3 is 0.656 bits per heavy atom. The van der Waals surface area contributed by atoms with Crippen LogP contribution in [0.3, 0.4) is 0 Å². The molecule has 14 N–H and O–H groups in total. The Labute approximate surface area is 739 Å². The minimum Gasteiger partial charge on any atom is -0.508 e. The number of amides is 8. The molecule has 28 nitrogen and oxygen atoms in total. The van der Waals surface area contributed by atoms with Crippen molar-refractivity contribution in [2.45, 2.75) is 155 Å². The third-order valence-electron chi connectivity index (χ3n) is 20.1. The number of carbonyl (C=O) groups is 8. The number of rotatable bonds is 24. The van der Waals surface area contributed by atoms with Crippen LogP contribution in [-0.2, 0) is 63.8 Å². The van der Waals surface area contributed by atoms with Gasteiger partial charge in [-0.15, -0.1) is 0 Å². The van der Waals surface area contributed by atoms with E-state index in [2.05, 4.69) is 52.5 Å². The fourth-order valence-corrected chi connectivity index (χ4v) is 14.6. The maximum absolute atomic E-state index is 15.3. The molecule has 3 aromatic heterocycles. The van der Waals surface area contributed by atoms with Gasteiger partial charge in [-0.2, -0.15) is 0 Å². The molecule has 0 saturated heterocycles. The van der Waals surface area contributed by atoms with E-state index >= 15 is 19.2 Å². The summed E-state index contributed by atoms with van der Waals surface area (Å²) in [7, 11) is 0. The highest BCUT2D eigenvalue weighted by Gasteiger charge is 2.34. The van der Waals surface area contributed by atoms with Gasteiger partial charge in [0.05, 0.1) is 22.8 Å². The van der Waals surface area contributed by atoms with Gasteiger partial charge in [-0.1, -0.05) is 121 Å². The zero-order valence-corrected chi connectivity index (χ0v) is 72.8. The molecule has 0 fully saturated rings. The summed E-state index contributed by atoms with van der Waals surface area (Å²) in [5, 5.41) is 65.0. The summed E-state index contributed by atoms with van der Waals surface area (Å²) in [5.74, 6) is -2.64. The van der Waals surface area contributed by atoms with Crippen LogP contribution in [0.15, 0.2) is 218 Å². The molecule has 0 aliphatic carbocycles. The maximum Gasteiger partial charge on any atom is 0.408 e. The van der Waals surface area contributed by atoms with Crippen LogP contribution in [0, 0.1) is 0 Å². The van der Waals surface area contributed by atoms with Crippen LogP contribution in [0.5, 0.6) is 23.0 Å². The van der Waals surface area contributed by atoms with Gasteiger partial charge in [0, 0.05) is 115 Å². The number of aromatic amines is 2. The lowest BCUT2D eigenvalue weighted by Crippen LogP contribution is -2.47. The second kappa shape index (κ2) is 38.3. The SMILES string of the molecule is CC(C)(C)OC(=O)N[C@@H](Cc1ccc(O)cc1)C(=O)Nc1ccccc1-c1c2nc(c(-c3ccccc3NC(=O)[C@H](Cc3ccc(O)cc3)NC(=O)OC(C)(C)C)c3ccc([nH]3)c(-c3ccccc3NC(=O)[C@H](Cc3ccc(O)cc3)NC(=O)OC(C)(C)C)c3nc(c(-c4ccccc4NC(=O)[C@H](Cc4ccc(O)cc4)NC(=O)OC(C)(C)C)c4ccc1[nH]4)C=C3)C=C2. The van der Waals surface area contributed by atoms with Gasteiger partial charge in [0.1, 0.15) is 69.6 Å². The fraction of sp³-hybridized carbons (Fsp3) is 0.240. The summed E-state index contributed by atoms with van der Waals surface area (Å²) in [6.07, 6.45) is 3.55. The smallest absolute Gasteiger partial charge is 0.408 e. The van der Waals surface area contributed by atoms with Gasteiger partial charge in [0.25, 0.3) is 0 Å². The second-order valence-corrected chi connectivity index (χ2v) is 34.9. The molecule has 5 heterocycles. The van der Waals surface area contributed by atoms with Crippen molar-refractivity contribution in [2.75, 3.05) is 21.3 Å². The Hall–Kier alpha value is -15.5. The lowest BCUT2D eigenvalue weighted by molar-refractivity contribution is -0.118. The van der Waals surface area contributed by atoms with E-state index in [1.165, 1.54) is 48.5 Å². The number of aromatic hydroxyl groups is 4. The number of benzene rings is 8. The third kappa shape index (κ3) is 23.7. The van der Waals surface area contributed by atoms with E-state index in [4.69, 9.17) is 28.9 Å². The second-order valence-electron chi connectivity index (χ2n) is 34.9. The van der Waals surface area contributed by atoms with Crippen molar-refractivity contribution in [3.63, 3.8) is 0 Å². The predicted molar refractivity (Wildman–Crippen MR) is 495 cm³/mol. The number of fused-ring (bicyclic) bond motifs is 8. The number of phenols is 4. The van der Waals surface area contributed by atoms with Gasteiger partial charge in [0.15, 0.2) is 0 Å². The highest BCUT2D eigenvalue weighted by molar-refractivity contribution is 6.10. The van der Waals surface area contributed by atoms with Gasteiger partial charge < -0.3 is 91.9 Å². The van der Waals surface area contributed by atoms with Crippen molar-refractivity contribution in [3.05, 3.63) is 263 Å². The Morgan fingerprint density at radius 1 is 0.281 bits per heavy atom. The first kappa shape index (κ1) is 90.3. The van der Waals surface area contributed by atoms with E-state index < -0.39 is 94.6 Å². The summed E-state index contributed by atoms with van der Waals surface area (Å²) >= 11 is 0. The van der Waals surface area contributed by atoms with Crippen LogP contribution in [0.2, 0.25) is 0 Å². The quantitative estimate of drug-likeness (QED) is 0.0250. The number of hydrogen-bond acceptors (Lipinski definition) is 18. The highest BCUT2D eigenvalue weighted by Crippen LogP contribution is 2.44. The first-order valence-electron chi connectivity index (χ1n) is 41.6. The minimum absolute atomic E-state index is 0.00984. The minimum atomic E-state index is -1.27. The lowest BCUT2D eigenvalue weighted by Gasteiger charge is -2.24. The molecule has 128 heavy (non-hydrogen) atoms. The van der Waals surface area contributed by atoms with Gasteiger partial charge in [-0.3, -0.25) is 19.2 Å². The topological polar surface area (TPSA) is 408 Å². The van der Waals surface area contributed by atoms with Crippen LogP contribution in [0.1, 0.15) is 128 Å². The lowest BCUT2D eigenvalue weighted by atomic mass is 10.0. The molecule has 13 rings (SSSR count). The molecule has 8 aromatic carbocycles. The number of phenolic OH excluding ortho intramolecular Hbond substituents is 4. The number of para-hydroxylation sites is 4. The number of H-pyrrole nitrogens is 2. The van der Waals surface area contributed by atoms with Crippen molar-refractivity contribution in [1.29, 1.82) is 0 Å². The number of ether oxygens (including phenoxy) is 4. The van der Waals surface area contributed by atoms with Gasteiger partial charge in [-0.05, 0) is 227 Å². The molecule has 8 bridgehead atoms. The zero-order chi connectivity index (χ0) is 91.5. The monoisotopic (exact) mass is 1730 g/mol. The predicted octanol–water partition coefficient (Wildman–Crippen LogP) is 18.4. The first-order chi connectivity index (χ1) is 60.8. The zero-order valence-electron chi connectivity index (χ0n) is 72.8. The molecule has 8 amide bonds. The van der Waals surface area contributed by atoms with E-state index in [1.807, 2.05) is 24.3 Å². The highest BCUT2D eigenvalue weighted by atomic mass is 16.6. The van der Waals surface area contributed by atoms with Crippen LogP contribution in [-0.4, -0.2) is 135 Å². The number of nitrogens with zero attached hydrogens (tertiary/aromatic N) is 2. The summed E-state index contributed by atoms with van der Waals surface area (Å²) < 4.78 is 22.9. The van der Waals surface area contributed by atoms with Crippen LogP contribution < -0.4 is 42.5 Å². The van der Waals surface area contributed by atoms with Crippen molar-refractivity contribution in [3.8, 4) is 67.5 Å². The van der Waals surface area contributed by atoms with E-state index in [0.717, 1.165) is 0 Å². The Morgan fingerprint density at radius 2 is 0.469 bits per heavy atom. The summed E-state index contributed by atoms with van der Waals surface area (Å²) in [5.41, 5.74) is 5.72. The van der Waals surface area contributed by atoms with Gasteiger partial charge >= 0.3 is 24.4 Å². The molecular weight excluding hydrogens is 1630 g/mol. The third-order valence-corrected chi connectivity index (χ3v) is 20.1. The molecule has 2 aliphatic rings. The van der Waals surface area contributed by atoms with Crippen molar-refractivity contribution >= 4 is 117 Å². The van der Waals surface area contributed by atoms with E-state index in [1.54, 1.807) is 253 Å². The molecule has 0 unspecified atom stereocenters. The van der Waals surface area contributed by atoms with E-state index in [0.29, 0.717) is 112 Å². The number of hydrogen-bond donors (Lipinski definition) is 14. The van der Waals surface area contributed by atoms with Gasteiger partial charge in [-0.25, -0.2) is 29.1 Å². The van der Waals surface area contributed by atoms with Crippen LogP contribution >= 0.6 is 0 Å². The summed E-state index contributed by atoms with van der Waals surface area (Å²) in [6.45, 7) is 20.4. The van der Waals surface area contributed by atoms with Gasteiger partial charge in [0.2, 0.25) is 23.6 Å². The first-order valence-corrected chi connectivity index (χ1v) is 41.6. The van der Waals surface area contributed by atoms with Crippen molar-refractivity contribution in [1.82, 2.24) is 41.2 Å². The Bertz CT molecular complexity index is 5520. The summed E-state index contributed by atoms with van der Waals surface area (Å²) in [6, 6.07) is 55.2. The average Bonchev–Trinajstić information content (AvgIpc) is 1.60. The normalized spacial score (nSPS) is 12.8. The Kier molecular flexibility index (Phi) is 27.0. The number of carbonyl (C=O) groups excluding carboxylic acids is 8. The molecule has 4 atom stereocenters. The van der Waals surface area contributed by atoms with E-state index in [9.17, 15) is 39.6 Å². The number of nitrogens with one attached hydrogen (secondary N) is 10. The molecule has 28 heteroatoms. The molecule has 2 aliphatic heterocycles. The van der Waals surface area contributed by atoms with Crippen molar-refractivity contribution in [2.24, 2.45) is 0 Å². The van der Waals surface area contributed by atoms with Crippen molar-refractivity contribution < 1.29 is 77.7 Å². The molecule has 0 radical (unpaired) electrons. The summed E-state index contributed by atoms with van der Waals surface area (Å²) in [4.78, 5) is 135. The fourth-order valence-electron chi connectivity index (χ4n) is 14.6. The molecule has 11 aromatic rings. The molecular formula is C100H102N12O16. The number of aromatic nitrogens is 4. The van der Waals surface area contributed by atoms with Crippen LogP contribution in [0.4, 0.5) is 41.9 Å². The number of anilines is 4. The van der Waals surface area contributed by atoms with Crippen LogP contribution in [0.25, 0.3) is 90.9 Å². The average molecular weight is 1730 g/mol. The van der Waals surface area contributed by atoms with E-state index in [-0.39, 0.29) is 71.4 Å². The Balaban J connectivity index is 1.07. The molecule has 658 valence electrons. The standard InChI is InChI=1S/C100H102N12O16/c1-97(2,3)125-93(121)109-81(53-57-29-37-61(113)38-30-57)89(117)105-69-25-17-13-21-65(69)85-73-45-47-75(101-73)86(66-22-14-18-26-70(66)106-90(118)82(110-94(122)126-98(4,5)6)54-58-31-39-62(114)40-32-58)77-49-51-79(103-77)88(68-24-16-20-28-72(68)108-92(120)84(112-96(124)128-100(10,11)12)56-60-35-43-64(116)44-36-60)80-52-50-78(104-80)87(76-48-46-74(85)102-76)67-23-15-19-27-71(67)107-91(119)83(111-95(123)127-99(7,8)9)55-59-33-41-63(115)42-34-59/h13-52,81-84,101,104,113-116H,53-56H2,1-12H3,(H,105,117)(H,106,118)(H,107,119)(H,108,120)(H,109,121)(H,110,122)(H,111,123)(H,112,124)/t81-,82-,83-,84-/m0/s1. The maximum atomic E-state index is 15.3.